The smallest absolute Gasteiger partial charge is 0.257 e. The van der Waals surface area contributed by atoms with Crippen LogP contribution in [0.5, 0.6) is 5.75 Å². The summed E-state index contributed by atoms with van der Waals surface area (Å²) in [7, 11) is 1.59. The second-order valence-corrected chi connectivity index (χ2v) is 7.13. The third-order valence-electron chi connectivity index (χ3n) is 4.52. The van der Waals surface area contributed by atoms with Gasteiger partial charge in [-0.25, -0.2) is 4.39 Å². The van der Waals surface area contributed by atoms with Gasteiger partial charge in [0, 0.05) is 23.0 Å². The molecular weight excluding hydrogens is 319 g/mol. The van der Waals surface area contributed by atoms with E-state index in [1.54, 1.807) is 25.4 Å². The van der Waals surface area contributed by atoms with Gasteiger partial charge in [-0.05, 0) is 57.2 Å². The van der Waals surface area contributed by atoms with Crippen LogP contribution in [0.2, 0.25) is 0 Å². The molecular formula is C20H23FN2O2. The van der Waals surface area contributed by atoms with Crippen LogP contribution in [-0.2, 0) is 19.3 Å². The van der Waals surface area contributed by atoms with Crippen molar-refractivity contribution in [2.45, 2.75) is 45.1 Å². The molecule has 1 N–H and O–H groups in total. The lowest BCUT2D eigenvalue weighted by molar-refractivity contribution is 0.0909. The number of ether oxygens (including phenoxy) is 1. The molecule has 1 amide bonds. The van der Waals surface area contributed by atoms with Gasteiger partial charge in [-0.3, -0.25) is 9.78 Å². The summed E-state index contributed by atoms with van der Waals surface area (Å²) in [6.45, 7) is 3.89. The number of methoxy groups -OCH3 is 1. The average Bonchev–Trinajstić information content (AvgIpc) is 3.04. The molecule has 1 aliphatic rings. The van der Waals surface area contributed by atoms with E-state index in [2.05, 4.69) is 10.3 Å². The SMILES string of the molecule is COc1c(C(=O)NC(C)(C)Cc2ccc(F)cc2)cnc2c1CCC2. The van der Waals surface area contributed by atoms with Gasteiger partial charge in [-0.1, -0.05) is 12.1 Å². The van der Waals surface area contributed by atoms with E-state index in [-0.39, 0.29) is 11.7 Å². The summed E-state index contributed by atoms with van der Waals surface area (Å²) in [5.74, 6) is 0.170. The maximum Gasteiger partial charge on any atom is 0.257 e. The quantitative estimate of drug-likeness (QED) is 0.905. The van der Waals surface area contributed by atoms with Gasteiger partial charge in [0.1, 0.15) is 11.6 Å². The second kappa shape index (κ2) is 6.82. The largest absolute Gasteiger partial charge is 0.496 e. The van der Waals surface area contributed by atoms with Crippen LogP contribution >= 0.6 is 0 Å². The van der Waals surface area contributed by atoms with Gasteiger partial charge in [0.25, 0.3) is 5.91 Å². The zero-order valence-corrected chi connectivity index (χ0v) is 14.9. The minimum atomic E-state index is -0.487. The number of carbonyl (C=O) groups excluding carboxylic acids is 1. The topological polar surface area (TPSA) is 51.2 Å². The molecule has 3 rings (SSSR count). The fraction of sp³-hybridized carbons (Fsp3) is 0.400. The van der Waals surface area contributed by atoms with Crippen molar-refractivity contribution >= 4 is 5.91 Å². The lowest BCUT2D eigenvalue weighted by atomic mass is 9.94. The number of hydrogen-bond acceptors (Lipinski definition) is 3. The van der Waals surface area contributed by atoms with Crippen molar-refractivity contribution in [1.29, 1.82) is 0 Å². The standard InChI is InChI=1S/C20H23FN2O2/c1-20(2,11-13-7-9-14(21)10-8-13)23-19(24)16-12-22-17-6-4-5-15(17)18(16)25-3/h7-10,12H,4-6,11H2,1-3H3,(H,23,24). The Balaban J connectivity index is 1.78. The first-order valence-corrected chi connectivity index (χ1v) is 8.51. The number of halogens is 1. The molecule has 0 radical (unpaired) electrons. The van der Waals surface area contributed by atoms with Crippen LogP contribution in [0.4, 0.5) is 4.39 Å². The first kappa shape index (κ1) is 17.4. The van der Waals surface area contributed by atoms with Crippen LogP contribution in [0.3, 0.4) is 0 Å². The first-order chi connectivity index (χ1) is 11.9. The number of nitrogens with zero attached hydrogens (tertiary/aromatic N) is 1. The van der Waals surface area contributed by atoms with E-state index < -0.39 is 5.54 Å². The van der Waals surface area contributed by atoms with Crippen LogP contribution in [0, 0.1) is 5.82 Å². The highest BCUT2D eigenvalue weighted by molar-refractivity contribution is 5.97. The van der Waals surface area contributed by atoms with Gasteiger partial charge >= 0.3 is 0 Å². The van der Waals surface area contributed by atoms with Crippen molar-refractivity contribution in [2.75, 3.05) is 7.11 Å². The fourth-order valence-electron chi connectivity index (χ4n) is 3.40. The highest BCUT2D eigenvalue weighted by Gasteiger charge is 2.27. The van der Waals surface area contributed by atoms with Gasteiger partial charge in [0.15, 0.2) is 0 Å². The molecule has 0 atom stereocenters. The molecule has 1 aliphatic carbocycles. The molecule has 1 aromatic heterocycles. The molecule has 1 heterocycles. The predicted molar refractivity (Wildman–Crippen MR) is 94.5 cm³/mol. The molecule has 0 aliphatic heterocycles. The lowest BCUT2D eigenvalue weighted by Gasteiger charge is -2.27. The first-order valence-electron chi connectivity index (χ1n) is 8.51. The highest BCUT2D eigenvalue weighted by atomic mass is 19.1. The third-order valence-corrected chi connectivity index (χ3v) is 4.52. The zero-order valence-electron chi connectivity index (χ0n) is 14.9. The molecule has 4 nitrogen and oxygen atoms in total. The van der Waals surface area contributed by atoms with Gasteiger partial charge in [-0.2, -0.15) is 0 Å². The van der Waals surface area contributed by atoms with Crippen LogP contribution < -0.4 is 10.1 Å². The van der Waals surface area contributed by atoms with Gasteiger partial charge in [0.05, 0.1) is 12.7 Å². The minimum Gasteiger partial charge on any atom is -0.496 e. The van der Waals surface area contributed by atoms with Crippen LogP contribution in [0.15, 0.2) is 30.5 Å². The molecule has 2 aromatic rings. The molecule has 25 heavy (non-hydrogen) atoms. The number of fused-ring (bicyclic) bond motifs is 1. The van der Waals surface area contributed by atoms with Crippen molar-refractivity contribution in [3.63, 3.8) is 0 Å². The number of pyridine rings is 1. The predicted octanol–water partition coefficient (Wildman–Crippen LogP) is 3.47. The van der Waals surface area contributed by atoms with E-state index in [1.807, 2.05) is 13.8 Å². The van der Waals surface area contributed by atoms with Crippen LogP contribution in [-0.4, -0.2) is 23.5 Å². The molecule has 132 valence electrons. The Hall–Kier alpha value is -2.43. The Kier molecular flexibility index (Phi) is 4.75. The minimum absolute atomic E-state index is 0.203. The van der Waals surface area contributed by atoms with Crippen molar-refractivity contribution in [3.8, 4) is 5.75 Å². The summed E-state index contributed by atoms with van der Waals surface area (Å²) in [5.41, 5.74) is 3.02. The van der Waals surface area contributed by atoms with E-state index in [4.69, 9.17) is 4.74 Å². The molecule has 0 fully saturated rings. The van der Waals surface area contributed by atoms with Crippen LogP contribution in [0.25, 0.3) is 0 Å². The summed E-state index contributed by atoms with van der Waals surface area (Å²) in [5, 5.41) is 3.05. The molecule has 5 heteroatoms. The van der Waals surface area contributed by atoms with Gasteiger partial charge < -0.3 is 10.1 Å². The van der Waals surface area contributed by atoms with E-state index in [0.29, 0.717) is 17.7 Å². The Bertz CT molecular complexity index is 785. The molecule has 0 unspecified atom stereocenters. The van der Waals surface area contributed by atoms with E-state index in [0.717, 1.165) is 36.1 Å². The van der Waals surface area contributed by atoms with E-state index in [1.165, 1.54) is 12.1 Å². The molecule has 0 saturated heterocycles. The summed E-state index contributed by atoms with van der Waals surface area (Å²) in [6, 6.07) is 6.34. The number of amides is 1. The van der Waals surface area contributed by atoms with Crippen LogP contribution in [0.1, 0.15) is 47.4 Å². The van der Waals surface area contributed by atoms with E-state index in [9.17, 15) is 9.18 Å². The van der Waals surface area contributed by atoms with Crippen molar-refractivity contribution in [3.05, 3.63) is 58.7 Å². The fourth-order valence-corrected chi connectivity index (χ4v) is 3.40. The van der Waals surface area contributed by atoms with Crippen molar-refractivity contribution in [1.82, 2.24) is 10.3 Å². The summed E-state index contributed by atoms with van der Waals surface area (Å²) >= 11 is 0. The lowest BCUT2D eigenvalue weighted by Crippen LogP contribution is -2.45. The van der Waals surface area contributed by atoms with Gasteiger partial charge in [0.2, 0.25) is 0 Å². The molecule has 1 aromatic carbocycles. The summed E-state index contributed by atoms with van der Waals surface area (Å²) in [6.07, 6.45) is 5.07. The number of aromatic nitrogens is 1. The number of hydrogen-bond donors (Lipinski definition) is 1. The molecule has 0 bridgehead atoms. The Morgan fingerprint density at radius 1 is 1.28 bits per heavy atom. The monoisotopic (exact) mass is 342 g/mol. The second-order valence-electron chi connectivity index (χ2n) is 7.13. The maximum atomic E-state index is 13.1. The zero-order chi connectivity index (χ0) is 18.0. The Morgan fingerprint density at radius 2 is 2.00 bits per heavy atom. The van der Waals surface area contributed by atoms with Gasteiger partial charge in [-0.15, -0.1) is 0 Å². The number of benzene rings is 1. The summed E-state index contributed by atoms with van der Waals surface area (Å²) < 4.78 is 18.6. The molecule has 0 saturated carbocycles. The number of aryl methyl sites for hydroxylation is 1. The molecule has 0 spiro atoms. The third kappa shape index (κ3) is 3.81. The maximum absolute atomic E-state index is 13.1. The normalized spacial score (nSPS) is 13.4. The highest BCUT2D eigenvalue weighted by Crippen LogP contribution is 2.32. The number of nitrogens with one attached hydrogen (secondary N) is 1. The van der Waals surface area contributed by atoms with Crippen molar-refractivity contribution < 1.29 is 13.9 Å². The summed E-state index contributed by atoms with van der Waals surface area (Å²) in [4.78, 5) is 17.2. The van der Waals surface area contributed by atoms with Crippen molar-refractivity contribution in [2.24, 2.45) is 0 Å². The number of rotatable bonds is 5. The number of carbonyl (C=O) groups is 1. The Morgan fingerprint density at radius 3 is 2.68 bits per heavy atom. The Labute approximate surface area is 147 Å². The average molecular weight is 342 g/mol. The van der Waals surface area contributed by atoms with E-state index >= 15 is 0 Å².